The molecule has 368 valence electrons. The van der Waals surface area contributed by atoms with Crippen LogP contribution in [0.1, 0.15) is 261 Å². The first-order chi connectivity index (χ1) is 30.5. The van der Waals surface area contributed by atoms with Crippen LogP contribution in [0.5, 0.6) is 0 Å². The van der Waals surface area contributed by atoms with E-state index in [4.69, 9.17) is 28.8 Å². The van der Waals surface area contributed by atoms with Gasteiger partial charge in [0.1, 0.15) is 24.2 Å². The highest BCUT2D eigenvalue weighted by Gasteiger charge is 2.38. The van der Waals surface area contributed by atoms with Crippen molar-refractivity contribution in [3.63, 3.8) is 0 Å². The van der Waals surface area contributed by atoms with E-state index in [1.165, 1.54) is 116 Å². The van der Waals surface area contributed by atoms with E-state index in [0.717, 1.165) is 76.9 Å². The number of unbranched alkanes of at least 4 members (excludes halogenated alkanes) is 20. The average molecular weight is 881 g/mol. The molecule has 1 rings (SSSR count). The molecule has 1 saturated carbocycles. The second-order valence-electron chi connectivity index (χ2n) is 16.4. The van der Waals surface area contributed by atoms with Gasteiger partial charge in [0.25, 0.3) is 6.47 Å². The monoisotopic (exact) mass is 881 g/mol. The Morgan fingerprint density at radius 1 is 0.565 bits per heavy atom. The molecule has 8 heteroatoms. The molecule has 0 aromatic heterocycles. The molecule has 0 heterocycles. The number of esters is 1. The number of aliphatic hydroxyl groups is 1. The molecule has 1 aliphatic rings. The van der Waals surface area contributed by atoms with E-state index in [-0.39, 0.29) is 36.9 Å². The minimum absolute atomic E-state index is 0.0325. The highest BCUT2D eigenvalue weighted by Crippen LogP contribution is 2.36. The van der Waals surface area contributed by atoms with Gasteiger partial charge in [-0.25, -0.2) is 0 Å². The van der Waals surface area contributed by atoms with Gasteiger partial charge in [-0.15, -0.1) is 0 Å². The van der Waals surface area contributed by atoms with Gasteiger partial charge in [-0.2, -0.15) is 0 Å². The first kappa shape index (κ1) is 64.0. The van der Waals surface area contributed by atoms with Crippen molar-refractivity contribution >= 4 is 12.4 Å². The third-order valence-electron chi connectivity index (χ3n) is 11.1. The van der Waals surface area contributed by atoms with Crippen molar-refractivity contribution < 1.29 is 38.7 Å². The number of carboxylic acid groups (broad SMARTS) is 1. The van der Waals surface area contributed by atoms with Crippen LogP contribution in [0.4, 0.5) is 0 Å². The van der Waals surface area contributed by atoms with Crippen LogP contribution in [0, 0.1) is 5.92 Å². The highest BCUT2D eigenvalue weighted by atomic mass is 16.7. The van der Waals surface area contributed by atoms with E-state index in [9.17, 15) is 9.90 Å². The van der Waals surface area contributed by atoms with Crippen LogP contribution in [0.25, 0.3) is 0 Å². The molecule has 8 nitrogen and oxygen atoms in total. The summed E-state index contributed by atoms with van der Waals surface area (Å²) in [5.41, 5.74) is 0. The summed E-state index contributed by atoms with van der Waals surface area (Å²) in [4.78, 5) is 21.7. The van der Waals surface area contributed by atoms with E-state index in [2.05, 4.69) is 52.0 Å². The Morgan fingerprint density at radius 3 is 1.55 bits per heavy atom. The first-order valence-corrected chi connectivity index (χ1v) is 26.3. The smallest absolute Gasteiger partial charge is 0.306 e. The van der Waals surface area contributed by atoms with E-state index in [1.807, 2.05) is 27.7 Å². The minimum Gasteiger partial charge on any atom is -0.512 e. The van der Waals surface area contributed by atoms with Gasteiger partial charge in [-0.1, -0.05) is 195 Å². The number of rotatable bonds is 40. The SMILES string of the molecule is CC.CC.CCCCC/C=C\C/C=C\CCCCCCCC1CC(OC(=CO)CCCCC)CC1OC(=O)CCC(OCCCCCCCC)OCCCCCCCC.O=CO. The van der Waals surface area contributed by atoms with Crippen LogP contribution in [0.15, 0.2) is 36.3 Å². The molecule has 3 atom stereocenters. The van der Waals surface area contributed by atoms with Crippen molar-refractivity contribution in [3.8, 4) is 0 Å². The second kappa shape index (κ2) is 54.8. The standard InChI is InChI=1S/C49H90O6.2C2H6.CH2O2/c1-5-9-13-16-19-20-21-22-23-24-25-26-27-28-32-35-44-41-46(54-45(43-50)36-31-12-8-4)42-47(44)55-48(51)37-38-49(52-39-33-29-17-14-10-6-2)53-40-34-30-18-15-11-7-3;2*1-2;2-1-3/h19-20,22-23,43-44,46-47,49-50H,5-18,21,24-42H2,1-4H3;2*1-2H3;1H,(H,2,3)/b20-19-,23-22-,45-43?;;;. The third-order valence-corrected chi connectivity index (χ3v) is 11.1. The molecular formula is C54H104O8. The van der Waals surface area contributed by atoms with E-state index < -0.39 is 0 Å². The molecule has 0 saturated heterocycles. The maximum Gasteiger partial charge on any atom is 0.306 e. The average Bonchev–Trinajstić information content (AvgIpc) is 3.66. The number of ether oxygens (including phenoxy) is 4. The predicted molar refractivity (Wildman–Crippen MR) is 265 cm³/mol. The summed E-state index contributed by atoms with van der Waals surface area (Å²) in [6, 6.07) is 0. The highest BCUT2D eigenvalue weighted by molar-refractivity contribution is 5.69. The van der Waals surface area contributed by atoms with Crippen LogP contribution < -0.4 is 0 Å². The number of hydrogen-bond donors (Lipinski definition) is 2. The largest absolute Gasteiger partial charge is 0.512 e. The Labute approximate surface area is 384 Å². The Bertz CT molecular complexity index is 961. The topological polar surface area (TPSA) is 112 Å². The lowest BCUT2D eigenvalue weighted by molar-refractivity contribution is -0.163. The van der Waals surface area contributed by atoms with Crippen molar-refractivity contribution in [1.82, 2.24) is 0 Å². The summed E-state index contributed by atoms with van der Waals surface area (Å²) >= 11 is 0. The number of aliphatic hydroxyl groups excluding tert-OH is 1. The summed E-state index contributed by atoms with van der Waals surface area (Å²) < 4.78 is 24.9. The molecular weight excluding hydrogens is 777 g/mol. The lowest BCUT2D eigenvalue weighted by Crippen LogP contribution is -2.25. The Balaban J connectivity index is -0.00000468. The molecule has 0 aliphatic heterocycles. The first-order valence-electron chi connectivity index (χ1n) is 26.3. The number of hydrogen-bond acceptors (Lipinski definition) is 7. The number of allylic oxidation sites excluding steroid dienone is 5. The third kappa shape index (κ3) is 44.3. The molecule has 0 aromatic rings. The van der Waals surface area contributed by atoms with Crippen molar-refractivity contribution in [3.05, 3.63) is 36.3 Å². The maximum absolute atomic E-state index is 13.3. The summed E-state index contributed by atoms with van der Waals surface area (Å²) in [5, 5.41) is 16.8. The predicted octanol–water partition coefficient (Wildman–Crippen LogP) is 17.1. The van der Waals surface area contributed by atoms with E-state index >= 15 is 0 Å². The lowest BCUT2D eigenvalue weighted by atomic mass is 9.97. The van der Waals surface area contributed by atoms with Gasteiger partial charge in [0, 0.05) is 32.5 Å². The van der Waals surface area contributed by atoms with Gasteiger partial charge >= 0.3 is 5.97 Å². The van der Waals surface area contributed by atoms with Crippen LogP contribution in [-0.2, 0) is 28.5 Å². The van der Waals surface area contributed by atoms with Gasteiger partial charge in [-0.05, 0) is 70.1 Å². The molecule has 0 aromatic carbocycles. The fourth-order valence-corrected chi connectivity index (χ4v) is 7.59. The van der Waals surface area contributed by atoms with Crippen molar-refractivity contribution in [2.24, 2.45) is 5.92 Å². The Hall–Kier alpha value is -2.32. The van der Waals surface area contributed by atoms with E-state index in [1.54, 1.807) is 0 Å². The van der Waals surface area contributed by atoms with Gasteiger partial charge < -0.3 is 29.2 Å². The summed E-state index contributed by atoms with van der Waals surface area (Å²) in [5.74, 6) is 0.785. The van der Waals surface area contributed by atoms with Crippen LogP contribution in [-0.4, -0.2) is 54.4 Å². The number of carbonyl (C=O) groups excluding carboxylic acids is 1. The van der Waals surface area contributed by atoms with Crippen LogP contribution in [0.2, 0.25) is 0 Å². The summed E-state index contributed by atoms with van der Waals surface area (Å²) in [6.45, 7) is 18.0. The maximum atomic E-state index is 13.3. The van der Waals surface area contributed by atoms with Crippen molar-refractivity contribution in [2.75, 3.05) is 13.2 Å². The van der Waals surface area contributed by atoms with Gasteiger partial charge in [0.2, 0.25) is 0 Å². The quantitative estimate of drug-likeness (QED) is 0.0156. The van der Waals surface area contributed by atoms with Gasteiger partial charge in [0.15, 0.2) is 6.29 Å². The van der Waals surface area contributed by atoms with Crippen molar-refractivity contribution in [1.29, 1.82) is 0 Å². The molecule has 0 amide bonds. The fourth-order valence-electron chi connectivity index (χ4n) is 7.59. The Morgan fingerprint density at radius 2 is 1.02 bits per heavy atom. The second-order valence-corrected chi connectivity index (χ2v) is 16.4. The van der Waals surface area contributed by atoms with Gasteiger partial charge in [-0.3, -0.25) is 9.59 Å². The molecule has 0 bridgehead atoms. The van der Waals surface area contributed by atoms with Crippen LogP contribution >= 0.6 is 0 Å². The molecule has 2 N–H and O–H groups in total. The zero-order chi connectivity index (χ0) is 46.6. The summed E-state index contributed by atoms with van der Waals surface area (Å²) in [7, 11) is 0. The molecule has 1 aliphatic carbocycles. The fraction of sp³-hybridized carbons (Fsp3) is 0.852. The molecule has 1 fully saturated rings. The van der Waals surface area contributed by atoms with Crippen molar-refractivity contribution in [2.45, 2.75) is 279 Å². The minimum atomic E-state index is -0.359. The zero-order valence-corrected chi connectivity index (χ0v) is 42.2. The normalized spacial score (nSPS) is 16.1. The van der Waals surface area contributed by atoms with E-state index in [0.29, 0.717) is 38.2 Å². The van der Waals surface area contributed by atoms with Crippen LogP contribution in [0.3, 0.4) is 0 Å². The Kier molecular flexibility index (Phi) is 56.6. The molecule has 0 radical (unpaired) electrons. The summed E-state index contributed by atoms with van der Waals surface area (Å²) in [6.07, 6.45) is 45.4. The lowest BCUT2D eigenvalue weighted by Gasteiger charge is -2.21. The molecule has 62 heavy (non-hydrogen) atoms. The van der Waals surface area contributed by atoms with Gasteiger partial charge in [0.05, 0.1) is 6.42 Å². The zero-order valence-electron chi connectivity index (χ0n) is 42.2. The molecule has 3 unspecified atom stereocenters. The molecule has 0 spiro atoms. The number of carbonyl (C=O) groups is 2.